The van der Waals surface area contributed by atoms with Gasteiger partial charge in [0.05, 0.1) is 11.5 Å². The van der Waals surface area contributed by atoms with E-state index in [-0.39, 0.29) is 11.8 Å². The van der Waals surface area contributed by atoms with Gasteiger partial charge in [-0.25, -0.2) is 4.79 Å². The van der Waals surface area contributed by atoms with Crippen LogP contribution in [0.15, 0.2) is 17.8 Å². The standard InChI is InChI=1S/C14H17NO3S/c1-4-18-14(17)11-7-9-5-6-10(8-15(2)3)12(16)13(9)19-11/h7-8H,4-6H2,1-3H3. The highest BCUT2D eigenvalue weighted by molar-refractivity contribution is 7.16. The molecule has 2 rings (SSSR count). The minimum absolute atomic E-state index is 0.0375. The van der Waals surface area contributed by atoms with Gasteiger partial charge in [-0.1, -0.05) is 0 Å². The van der Waals surface area contributed by atoms with E-state index in [2.05, 4.69) is 0 Å². The molecule has 1 aliphatic rings. The highest BCUT2D eigenvalue weighted by Gasteiger charge is 2.26. The lowest BCUT2D eigenvalue weighted by Crippen LogP contribution is -2.14. The van der Waals surface area contributed by atoms with Crippen molar-refractivity contribution in [2.45, 2.75) is 19.8 Å². The maximum Gasteiger partial charge on any atom is 0.348 e. The molecule has 0 atom stereocenters. The number of Topliss-reactive ketones (excluding diaryl/α,β-unsaturated/α-hetero) is 1. The molecule has 0 saturated heterocycles. The van der Waals surface area contributed by atoms with E-state index in [1.807, 2.05) is 25.2 Å². The number of ether oxygens (including phenoxy) is 1. The van der Waals surface area contributed by atoms with Gasteiger partial charge in [0.25, 0.3) is 0 Å². The van der Waals surface area contributed by atoms with Crippen molar-refractivity contribution >= 4 is 23.1 Å². The van der Waals surface area contributed by atoms with E-state index < -0.39 is 0 Å². The Hall–Kier alpha value is -1.62. The molecule has 0 amide bonds. The van der Waals surface area contributed by atoms with Crippen LogP contribution in [0.1, 0.15) is 38.3 Å². The molecule has 1 heterocycles. The normalized spacial score (nSPS) is 16.4. The Morgan fingerprint density at radius 2 is 2.21 bits per heavy atom. The maximum atomic E-state index is 12.3. The van der Waals surface area contributed by atoms with E-state index in [1.54, 1.807) is 13.0 Å². The van der Waals surface area contributed by atoms with E-state index in [0.717, 1.165) is 24.0 Å². The summed E-state index contributed by atoms with van der Waals surface area (Å²) >= 11 is 1.24. The number of aryl methyl sites for hydroxylation is 1. The summed E-state index contributed by atoms with van der Waals surface area (Å²) in [6.07, 6.45) is 3.38. The minimum Gasteiger partial charge on any atom is -0.462 e. The lowest BCUT2D eigenvalue weighted by atomic mass is 9.93. The summed E-state index contributed by atoms with van der Waals surface area (Å²) in [5, 5.41) is 0. The monoisotopic (exact) mass is 279 g/mol. The van der Waals surface area contributed by atoms with Gasteiger partial charge in [-0.3, -0.25) is 4.79 Å². The molecule has 0 radical (unpaired) electrons. The summed E-state index contributed by atoms with van der Waals surface area (Å²) in [5.74, 6) is -0.302. The highest BCUT2D eigenvalue weighted by Crippen LogP contribution is 2.32. The zero-order valence-corrected chi connectivity index (χ0v) is 12.2. The molecule has 0 unspecified atom stereocenters. The average molecular weight is 279 g/mol. The smallest absolute Gasteiger partial charge is 0.348 e. The Labute approximate surface area is 116 Å². The maximum absolute atomic E-state index is 12.3. The fourth-order valence-corrected chi connectivity index (χ4v) is 3.15. The number of allylic oxidation sites excluding steroid dienone is 1. The summed E-state index contributed by atoms with van der Waals surface area (Å²) in [4.78, 5) is 27.1. The van der Waals surface area contributed by atoms with Crippen LogP contribution in [-0.4, -0.2) is 37.4 Å². The predicted octanol–water partition coefficient (Wildman–Crippen LogP) is 2.50. The van der Waals surface area contributed by atoms with Gasteiger partial charge in [0.2, 0.25) is 5.78 Å². The molecule has 1 aromatic heterocycles. The first kappa shape index (κ1) is 13.8. The molecule has 0 bridgehead atoms. The van der Waals surface area contributed by atoms with Gasteiger partial charge in [0.15, 0.2) is 0 Å². The van der Waals surface area contributed by atoms with Crippen molar-refractivity contribution in [1.82, 2.24) is 4.90 Å². The molecule has 19 heavy (non-hydrogen) atoms. The second kappa shape index (κ2) is 5.57. The molecule has 1 aromatic rings. The number of nitrogens with zero attached hydrogens (tertiary/aromatic N) is 1. The van der Waals surface area contributed by atoms with E-state index in [4.69, 9.17) is 4.74 Å². The van der Waals surface area contributed by atoms with Gasteiger partial charge in [0, 0.05) is 25.9 Å². The Bertz CT molecular complexity index is 543. The minimum atomic E-state index is -0.340. The number of carbonyl (C=O) groups excluding carboxylic acids is 2. The van der Waals surface area contributed by atoms with Crippen LogP contribution >= 0.6 is 11.3 Å². The first-order chi connectivity index (χ1) is 9.02. The lowest BCUT2D eigenvalue weighted by molar-refractivity contribution is 0.0532. The lowest BCUT2D eigenvalue weighted by Gasteiger charge is -2.15. The molecular formula is C14H17NO3S. The van der Waals surface area contributed by atoms with Crippen molar-refractivity contribution in [3.05, 3.63) is 33.2 Å². The van der Waals surface area contributed by atoms with Gasteiger partial charge in [-0.2, -0.15) is 0 Å². The third kappa shape index (κ3) is 2.87. The van der Waals surface area contributed by atoms with Crippen molar-refractivity contribution in [1.29, 1.82) is 0 Å². The Morgan fingerprint density at radius 3 is 2.84 bits per heavy atom. The van der Waals surface area contributed by atoms with Crippen LogP contribution in [0.2, 0.25) is 0 Å². The fraction of sp³-hybridized carbons (Fsp3) is 0.429. The summed E-state index contributed by atoms with van der Waals surface area (Å²) in [5.41, 5.74) is 1.77. The number of esters is 1. The molecule has 0 aliphatic heterocycles. The second-order valence-electron chi connectivity index (χ2n) is 4.63. The number of thiophene rings is 1. The summed E-state index contributed by atoms with van der Waals surface area (Å²) < 4.78 is 4.97. The highest BCUT2D eigenvalue weighted by atomic mass is 32.1. The number of rotatable bonds is 3. The van der Waals surface area contributed by atoms with Crippen LogP contribution in [0.4, 0.5) is 0 Å². The average Bonchev–Trinajstić information content (AvgIpc) is 2.77. The quantitative estimate of drug-likeness (QED) is 0.630. The third-order valence-electron chi connectivity index (χ3n) is 2.86. The number of ketones is 1. The van der Waals surface area contributed by atoms with E-state index >= 15 is 0 Å². The van der Waals surface area contributed by atoms with Crippen molar-refractivity contribution in [3.63, 3.8) is 0 Å². The van der Waals surface area contributed by atoms with E-state index in [0.29, 0.717) is 16.4 Å². The SMILES string of the molecule is CCOC(=O)c1cc2c(s1)C(=O)C(=CN(C)C)CC2. The topological polar surface area (TPSA) is 46.6 Å². The predicted molar refractivity (Wildman–Crippen MR) is 74.7 cm³/mol. The number of fused-ring (bicyclic) bond motifs is 1. The molecule has 102 valence electrons. The summed E-state index contributed by atoms with van der Waals surface area (Å²) in [6.45, 7) is 2.12. The van der Waals surface area contributed by atoms with Crippen LogP contribution in [0.5, 0.6) is 0 Å². The Balaban J connectivity index is 2.30. The summed E-state index contributed by atoms with van der Waals surface area (Å²) in [6, 6.07) is 1.79. The first-order valence-electron chi connectivity index (χ1n) is 6.24. The second-order valence-corrected chi connectivity index (χ2v) is 5.68. The number of carbonyl (C=O) groups is 2. The first-order valence-corrected chi connectivity index (χ1v) is 7.06. The number of hydrogen-bond acceptors (Lipinski definition) is 5. The van der Waals surface area contributed by atoms with Gasteiger partial charge in [0.1, 0.15) is 4.88 Å². The zero-order chi connectivity index (χ0) is 14.0. The molecule has 0 spiro atoms. The Kier molecular flexibility index (Phi) is 4.04. The van der Waals surface area contributed by atoms with Crippen LogP contribution in [0, 0.1) is 0 Å². The number of hydrogen-bond donors (Lipinski definition) is 0. The molecule has 4 nitrogen and oxygen atoms in total. The third-order valence-corrected chi connectivity index (χ3v) is 4.02. The van der Waals surface area contributed by atoms with Crippen molar-refractivity contribution < 1.29 is 14.3 Å². The summed E-state index contributed by atoms with van der Waals surface area (Å²) in [7, 11) is 3.79. The van der Waals surface area contributed by atoms with E-state index in [9.17, 15) is 9.59 Å². The van der Waals surface area contributed by atoms with E-state index in [1.165, 1.54) is 11.3 Å². The van der Waals surface area contributed by atoms with Crippen LogP contribution in [0.3, 0.4) is 0 Å². The molecule has 0 fully saturated rings. The van der Waals surface area contributed by atoms with Gasteiger partial charge in [-0.05, 0) is 31.4 Å². The van der Waals surface area contributed by atoms with Crippen LogP contribution in [-0.2, 0) is 11.2 Å². The molecule has 0 N–H and O–H groups in total. The zero-order valence-electron chi connectivity index (χ0n) is 11.4. The molecular weight excluding hydrogens is 262 g/mol. The van der Waals surface area contributed by atoms with Crippen LogP contribution in [0.25, 0.3) is 0 Å². The van der Waals surface area contributed by atoms with Crippen molar-refractivity contribution in [3.8, 4) is 0 Å². The van der Waals surface area contributed by atoms with Crippen LogP contribution < -0.4 is 0 Å². The molecule has 0 saturated carbocycles. The van der Waals surface area contributed by atoms with Gasteiger partial charge >= 0.3 is 5.97 Å². The van der Waals surface area contributed by atoms with Crippen molar-refractivity contribution in [2.75, 3.05) is 20.7 Å². The Morgan fingerprint density at radius 1 is 1.47 bits per heavy atom. The van der Waals surface area contributed by atoms with Gasteiger partial charge < -0.3 is 9.64 Å². The van der Waals surface area contributed by atoms with Gasteiger partial charge in [-0.15, -0.1) is 11.3 Å². The largest absolute Gasteiger partial charge is 0.462 e. The molecule has 0 aromatic carbocycles. The fourth-order valence-electron chi connectivity index (χ4n) is 2.07. The van der Waals surface area contributed by atoms with Crippen molar-refractivity contribution in [2.24, 2.45) is 0 Å². The molecule has 5 heteroatoms. The molecule has 1 aliphatic carbocycles.